The highest BCUT2D eigenvalue weighted by Gasteiger charge is 2.14. The lowest BCUT2D eigenvalue weighted by Crippen LogP contribution is -2.36. The van der Waals surface area contributed by atoms with Crippen LogP contribution in [-0.4, -0.2) is 25.2 Å². The molecular formula is C20H24ClNO3. The Balaban J connectivity index is 1.69. The van der Waals surface area contributed by atoms with Crippen LogP contribution in [0.5, 0.6) is 11.5 Å². The lowest BCUT2D eigenvalue weighted by Gasteiger charge is -2.15. The van der Waals surface area contributed by atoms with Gasteiger partial charge in [0.25, 0.3) is 5.91 Å². The third-order valence-corrected chi connectivity index (χ3v) is 3.89. The Morgan fingerprint density at radius 1 is 1.16 bits per heavy atom. The first-order valence-electron chi connectivity index (χ1n) is 8.50. The van der Waals surface area contributed by atoms with Crippen LogP contribution in [0, 0.1) is 0 Å². The van der Waals surface area contributed by atoms with Crippen LogP contribution in [0.3, 0.4) is 0 Å². The highest BCUT2D eigenvalue weighted by atomic mass is 35.5. The Morgan fingerprint density at radius 3 is 2.60 bits per heavy atom. The summed E-state index contributed by atoms with van der Waals surface area (Å²) < 4.78 is 11.0. The lowest BCUT2D eigenvalue weighted by molar-refractivity contribution is -0.127. The quantitative estimate of drug-likeness (QED) is 0.679. The molecule has 0 heterocycles. The Hall–Kier alpha value is -2.20. The number of amides is 1. The van der Waals surface area contributed by atoms with Crippen LogP contribution in [0.25, 0.3) is 0 Å². The van der Waals surface area contributed by atoms with Gasteiger partial charge >= 0.3 is 0 Å². The van der Waals surface area contributed by atoms with Gasteiger partial charge in [0.2, 0.25) is 0 Å². The van der Waals surface area contributed by atoms with Crippen LogP contribution in [0.15, 0.2) is 48.5 Å². The normalized spacial score (nSPS) is 11.6. The first kappa shape index (κ1) is 19.1. The summed E-state index contributed by atoms with van der Waals surface area (Å²) in [6.07, 6.45) is 1.20. The summed E-state index contributed by atoms with van der Waals surface area (Å²) in [6, 6.07) is 15.1. The molecule has 1 atom stereocenters. The molecule has 0 bridgehead atoms. The number of aryl methyl sites for hydroxylation is 1. The van der Waals surface area contributed by atoms with E-state index in [0.29, 0.717) is 23.9 Å². The van der Waals surface area contributed by atoms with E-state index in [1.807, 2.05) is 19.1 Å². The minimum atomic E-state index is -0.566. The van der Waals surface area contributed by atoms with E-state index in [4.69, 9.17) is 21.1 Å². The van der Waals surface area contributed by atoms with Gasteiger partial charge in [-0.1, -0.05) is 29.8 Å². The van der Waals surface area contributed by atoms with Gasteiger partial charge in [-0.05, 0) is 62.6 Å². The van der Waals surface area contributed by atoms with Crippen molar-refractivity contribution in [1.29, 1.82) is 0 Å². The summed E-state index contributed by atoms with van der Waals surface area (Å²) in [7, 11) is 0. The van der Waals surface area contributed by atoms with E-state index in [9.17, 15) is 4.79 Å². The molecule has 0 fully saturated rings. The first-order valence-corrected chi connectivity index (χ1v) is 8.88. The molecule has 4 nitrogen and oxygen atoms in total. The second kappa shape index (κ2) is 9.94. The van der Waals surface area contributed by atoms with Crippen molar-refractivity contribution in [1.82, 2.24) is 5.32 Å². The van der Waals surface area contributed by atoms with Crippen molar-refractivity contribution in [3.8, 4) is 11.5 Å². The summed E-state index contributed by atoms with van der Waals surface area (Å²) in [5.41, 5.74) is 1.22. The Bertz CT molecular complexity index is 673. The molecule has 0 aromatic heterocycles. The van der Waals surface area contributed by atoms with Crippen molar-refractivity contribution < 1.29 is 14.3 Å². The second-order valence-electron chi connectivity index (χ2n) is 5.69. The highest BCUT2D eigenvalue weighted by molar-refractivity contribution is 6.30. The van der Waals surface area contributed by atoms with Gasteiger partial charge in [0.1, 0.15) is 11.5 Å². The maximum Gasteiger partial charge on any atom is 0.260 e. The predicted octanol–water partition coefficient (Wildman–Crippen LogP) is 4.26. The molecule has 0 aliphatic heterocycles. The molecule has 25 heavy (non-hydrogen) atoms. The molecule has 0 unspecified atom stereocenters. The predicted molar refractivity (Wildman–Crippen MR) is 100 cm³/mol. The van der Waals surface area contributed by atoms with E-state index in [0.717, 1.165) is 18.6 Å². The highest BCUT2D eigenvalue weighted by Crippen LogP contribution is 2.18. The molecule has 2 aromatic rings. The molecule has 1 amide bonds. The smallest absolute Gasteiger partial charge is 0.260 e. The van der Waals surface area contributed by atoms with Gasteiger partial charge in [-0.3, -0.25) is 4.79 Å². The van der Waals surface area contributed by atoms with Gasteiger partial charge in [-0.25, -0.2) is 0 Å². The Labute approximate surface area is 154 Å². The SMILES string of the molecule is CCOc1ccc(CCCNC(=O)[C@H](C)Oc2cccc(Cl)c2)cc1. The minimum absolute atomic E-state index is 0.133. The number of carbonyl (C=O) groups is 1. The molecule has 134 valence electrons. The van der Waals surface area contributed by atoms with E-state index in [1.54, 1.807) is 31.2 Å². The average molecular weight is 362 g/mol. The van der Waals surface area contributed by atoms with Crippen LogP contribution in [-0.2, 0) is 11.2 Å². The van der Waals surface area contributed by atoms with Crippen LogP contribution >= 0.6 is 11.6 Å². The number of rotatable bonds is 9. The maximum atomic E-state index is 12.1. The van der Waals surface area contributed by atoms with Crippen LogP contribution in [0.2, 0.25) is 5.02 Å². The number of nitrogens with one attached hydrogen (secondary N) is 1. The molecule has 0 radical (unpaired) electrons. The number of hydrogen-bond acceptors (Lipinski definition) is 3. The zero-order valence-corrected chi connectivity index (χ0v) is 15.4. The lowest BCUT2D eigenvalue weighted by atomic mass is 10.1. The number of halogens is 1. The minimum Gasteiger partial charge on any atom is -0.494 e. The van der Waals surface area contributed by atoms with Crippen molar-refractivity contribution >= 4 is 17.5 Å². The van der Waals surface area contributed by atoms with Crippen molar-refractivity contribution in [2.24, 2.45) is 0 Å². The Morgan fingerprint density at radius 2 is 1.92 bits per heavy atom. The third kappa shape index (κ3) is 6.67. The second-order valence-corrected chi connectivity index (χ2v) is 6.13. The van der Waals surface area contributed by atoms with E-state index >= 15 is 0 Å². The van der Waals surface area contributed by atoms with E-state index in [-0.39, 0.29) is 5.91 Å². The number of ether oxygens (including phenoxy) is 2. The zero-order valence-electron chi connectivity index (χ0n) is 14.6. The van der Waals surface area contributed by atoms with Crippen molar-refractivity contribution in [2.75, 3.05) is 13.2 Å². The summed E-state index contributed by atoms with van der Waals surface area (Å²) in [5, 5.41) is 3.48. The summed E-state index contributed by atoms with van der Waals surface area (Å²) >= 11 is 5.91. The van der Waals surface area contributed by atoms with Crippen molar-refractivity contribution in [3.63, 3.8) is 0 Å². The summed E-state index contributed by atoms with van der Waals surface area (Å²) in [5.74, 6) is 1.34. The monoisotopic (exact) mass is 361 g/mol. The van der Waals surface area contributed by atoms with Crippen molar-refractivity contribution in [2.45, 2.75) is 32.8 Å². The van der Waals surface area contributed by atoms with Gasteiger partial charge in [0.05, 0.1) is 6.61 Å². The van der Waals surface area contributed by atoms with Crippen LogP contribution < -0.4 is 14.8 Å². The number of carbonyl (C=O) groups excluding carboxylic acids is 1. The van der Waals surface area contributed by atoms with Gasteiger partial charge in [0.15, 0.2) is 6.10 Å². The van der Waals surface area contributed by atoms with Gasteiger partial charge in [-0.15, -0.1) is 0 Å². The fourth-order valence-corrected chi connectivity index (χ4v) is 2.55. The molecule has 0 aliphatic carbocycles. The summed E-state index contributed by atoms with van der Waals surface area (Å²) in [4.78, 5) is 12.1. The topological polar surface area (TPSA) is 47.6 Å². The Kier molecular flexibility index (Phi) is 7.61. The number of benzene rings is 2. The van der Waals surface area contributed by atoms with E-state index in [1.165, 1.54) is 5.56 Å². The van der Waals surface area contributed by atoms with Crippen LogP contribution in [0.4, 0.5) is 0 Å². The van der Waals surface area contributed by atoms with E-state index < -0.39 is 6.10 Å². The molecule has 1 N–H and O–H groups in total. The van der Waals surface area contributed by atoms with Crippen molar-refractivity contribution in [3.05, 3.63) is 59.1 Å². The standard InChI is InChI=1S/C20H24ClNO3/c1-3-24-18-11-9-16(10-12-18)6-5-13-22-20(23)15(2)25-19-8-4-7-17(21)14-19/h4,7-12,14-15H,3,5-6,13H2,1-2H3,(H,22,23)/t15-/m0/s1. The molecule has 0 saturated carbocycles. The largest absolute Gasteiger partial charge is 0.494 e. The summed E-state index contributed by atoms with van der Waals surface area (Å²) in [6.45, 7) is 4.96. The van der Waals surface area contributed by atoms with E-state index in [2.05, 4.69) is 17.4 Å². The molecule has 2 aromatic carbocycles. The van der Waals surface area contributed by atoms with Gasteiger partial charge in [0, 0.05) is 11.6 Å². The maximum absolute atomic E-state index is 12.1. The molecular weight excluding hydrogens is 338 g/mol. The first-order chi connectivity index (χ1) is 12.1. The number of hydrogen-bond donors (Lipinski definition) is 1. The fourth-order valence-electron chi connectivity index (χ4n) is 2.36. The fraction of sp³-hybridized carbons (Fsp3) is 0.350. The van der Waals surface area contributed by atoms with Gasteiger partial charge < -0.3 is 14.8 Å². The van der Waals surface area contributed by atoms with Crippen LogP contribution in [0.1, 0.15) is 25.8 Å². The van der Waals surface area contributed by atoms with Gasteiger partial charge in [-0.2, -0.15) is 0 Å². The third-order valence-electron chi connectivity index (χ3n) is 3.65. The molecule has 0 saturated heterocycles. The molecule has 5 heteroatoms. The average Bonchev–Trinajstić information content (AvgIpc) is 2.60. The zero-order chi connectivity index (χ0) is 18.1. The molecule has 0 spiro atoms. The molecule has 2 rings (SSSR count). The molecule has 0 aliphatic rings.